The summed E-state index contributed by atoms with van der Waals surface area (Å²) in [4.78, 5) is 95.1. The van der Waals surface area contributed by atoms with Crippen molar-refractivity contribution in [3.63, 3.8) is 0 Å². The fourth-order valence-corrected chi connectivity index (χ4v) is 9.87. The molecular weight excluding hydrogens is 918 g/mol. The van der Waals surface area contributed by atoms with Crippen LogP contribution >= 0.6 is 23.2 Å². The lowest BCUT2D eigenvalue weighted by atomic mass is 9.97. The van der Waals surface area contributed by atoms with E-state index in [9.17, 15) is 38.0 Å². The Labute approximate surface area is 403 Å². The van der Waals surface area contributed by atoms with Crippen LogP contribution in [0.5, 0.6) is 0 Å². The number of hydrogen-bond acceptors (Lipinski definition) is 11. The number of anilines is 1. The maximum atomic E-state index is 14.1. The van der Waals surface area contributed by atoms with Gasteiger partial charge in [0, 0.05) is 55.3 Å². The van der Waals surface area contributed by atoms with Crippen LogP contribution in [0, 0.1) is 5.82 Å². The number of piperazine rings is 1. The molecule has 4 aliphatic rings. The molecule has 4 atom stereocenters. The molecule has 68 heavy (non-hydrogen) atoms. The van der Waals surface area contributed by atoms with Crippen LogP contribution in [-0.4, -0.2) is 87.3 Å². The van der Waals surface area contributed by atoms with E-state index >= 15 is 0 Å². The van der Waals surface area contributed by atoms with Gasteiger partial charge in [0.15, 0.2) is 5.76 Å². The normalized spacial score (nSPS) is 20.6. The highest BCUT2D eigenvalue weighted by Crippen LogP contribution is 2.37. The number of nitrogens with two attached hydrogens (primary N) is 2. The molecule has 1 unspecified atom stereocenters. The Bertz CT molecular complexity index is 2560. The summed E-state index contributed by atoms with van der Waals surface area (Å²) >= 11 is 12.3. The molecule has 3 aromatic carbocycles. The number of carbonyl (C=O) groups is 7. The number of nitrogens with zero attached hydrogens (tertiary/aromatic N) is 3. The van der Waals surface area contributed by atoms with Crippen LogP contribution in [0.15, 0.2) is 78.0 Å². The first-order chi connectivity index (χ1) is 32.5. The van der Waals surface area contributed by atoms with E-state index in [0.717, 1.165) is 67.9 Å². The number of nitrogens with one attached hydrogen (secondary N) is 3. The van der Waals surface area contributed by atoms with Crippen LogP contribution in [0.4, 0.5) is 10.1 Å². The molecule has 19 heteroatoms. The minimum absolute atomic E-state index is 0.0264. The number of piperidine rings is 1. The van der Waals surface area contributed by atoms with Gasteiger partial charge in [-0.05, 0) is 87.6 Å². The number of benzene rings is 3. The van der Waals surface area contributed by atoms with E-state index < -0.39 is 47.6 Å². The van der Waals surface area contributed by atoms with Gasteiger partial charge >= 0.3 is 0 Å². The Balaban J connectivity index is 0.780. The molecule has 0 spiro atoms. The summed E-state index contributed by atoms with van der Waals surface area (Å²) in [5, 5.41) is 7.62. The number of halogens is 3. The van der Waals surface area contributed by atoms with Crippen LogP contribution in [0.25, 0.3) is 0 Å². The molecular formula is C49H55Cl2FN8O8. The van der Waals surface area contributed by atoms with Crippen molar-refractivity contribution in [3.05, 3.63) is 122 Å². The lowest BCUT2D eigenvalue weighted by Crippen LogP contribution is -2.59. The predicted octanol–water partition coefficient (Wildman–Crippen LogP) is 6.58. The van der Waals surface area contributed by atoms with Gasteiger partial charge in [-0.3, -0.25) is 43.8 Å². The van der Waals surface area contributed by atoms with E-state index in [0.29, 0.717) is 48.3 Å². The van der Waals surface area contributed by atoms with E-state index in [1.807, 2.05) is 24.8 Å². The average molecular weight is 974 g/mol. The summed E-state index contributed by atoms with van der Waals surface area (Å²) in [6.07, 6.45) is 9.14. The molecule has 7 N–H and O–H groups in total. The number of aryl methyl sites for hydroxylation is 1. The fraction of sp³-hybridized carbons (Fsp3) is 0.408. The molecule has 3 aromatic rings. The van der Waals surface area contributed by atoms with Gasteiger partial charge in [0.05, 0.1) is 26.7 Å². The molecule has 0 radical (unpaired) electrons. The van der Waals surface area contributed by atoms with Crippen LogP contribution in [0.1, 0.15) is 133 Å². The quantitative estimate of drug-likeness (QED) is 0.0421. The monoisotopic (exact) mass is 972 g/mol. The lowest BCUT2D eigenvalue weighted by Gasteiger charge is -2.44. The number of fused-ring (bicyclic) bond motifs is 1. The van der Waals surface area contributed by atoms with Crippen molar-refractivity contribution >= 4 is 70.2 Å². The smallest absolute Gasteiger partial charge is 0.271 e. The second-order valence-electron chi connectivity index (χ2n) is 17.6. The van der Waals surface area contributed by atoms with Crippen molar-refractivity contribution in [1.82, 2.24) is 25.3 Å². The summed E-state index contributed by atoms with van der Waals surface area (Å²) in [5.74, 6) is -3.41. The summed E-state index contributed by atoms with van der Waals surface area (Å²) in [5.41, 5.74) is 14.2. The van der Waals surface area contributed by atoms with Crippen LogP contribution in [0.2, 0.25) is 10.0 Å². The maximum Gasteiger partial charge on any atom is 0.271 e. The highest BCUT2D eigenvalue weighted by Gasteiger charge is 2.45. The van der Waals surface area contributed by atoms with Gasteiger partial charge in [0.25, 0.3) is 23.6 Å². The molecule has 4 aliphatic heterocycles. The molecule has 16 nitrogen and oxygen atoms in total. The van der Waals surface area contributed by atoms with Gasteiger partial charge in [0.2, 0.25) is 23.9 Å². The molecule has 7 rings (SSSR count). The van der Waals surface area contributed by atoms with Gasteiger partial charge in [0.1, 0.15) is 23.4 Å². The van der Waals surface area contributed by atoms with Crippen LogP contribution in [0.3, 0.4) is 0 Å². The largest absolute Gasteiger partial charge is 0.462 e. The molecule has 2 fully saturated rings. The van der Waals surface area contributed by atoms with Crippen molar-refractivity contribution < 1.29 is 42.7 Å². The van der Waals surface area contributed by atoms with Gasteiger partial charge < -0.3 is 36.6 Å². The Morgan fingerprint density at radius 1 is 0.882 bits per heavy atom. The first-order valence-corrected chi connectivity index (χ1v) is 23.7. The zero-order chi connectivity index (χ0) is 48.8. The molecule has 2 saturated heterocycles. The highest BCUT2D eigenvalue weighted by molar-refractivity contribution is 6.36. The Morgan fingerprint density at radius 2 is 1.54 bits per heavy atom. The van der Waals surface area contributed by atoms with Gasteiger partial charge in [-0.15, -0.1) is 0 Å². The molecule has 360 valence electrons. The average Bonchev–Trinajstić information content (AvgIpc) is 3.79. The van der Waals surface area contributed by atoms with Crippen LogP contribution in [-0.2, 0) is 30.3 Å². The van der Waals surface area contributed by atoms with Crippen molar-refractivity contribution in [1.29, 1.82) is 0 Å². The van der Waals surface area contributed by atoms with E-state index in [2.05, 4.69) is 16.0 Å². The minimum atomic E-state index is -1.02. The second-order valence-corrected chi connectivity index (χ2v) is 18.4. The Morgan fingerprint density at radius 3 is 2.22 bits per heavy atom. The molecule has 0 aromatic heterocycles. The van der Waals surface area contributed by atoms with Crippen molar-refractivity contribution in [2.24, 2.45) is 11.5 Å². The maximum absolute atomic E-state index is 14.1. The first kappa shape index (κ1) is 49.4. The van der Waals surface area contributed by atoms with Gasteiger partial charge in [-0.2, -0.15) is 0 Å². The van der Waals surface area contributed by atoms with E-state index in [1.54, 1.807) is 41.3 Å². The van der Waals surface area contributed by atoms with Crippen molar-refractivity contribution in [3.8, 4) is 0 Å². The zero-order valence-electron chi connectivity index (χ0n) is 37.9. The lowest BCUT2D eigenvalue weighted by molar-refractivity contribution is -0.139. The number of imide groups is 2. The molecule has 7 amide bonds. The molecule has 0 saturated carbocycles. The second kappa shape index (κ2) is 21.7. The molecule has 4 heterocycles. The fourth-order valence-electron chi connectivity index (χ4n) is 9.30. The van der Waals surface area contributed by atoms with E-state index in [4.69, 9.17) is 39.4 Å². The first-order valence-electron chi connectivity index (χ1n) is 22.9. The van der Waals surface area contributed by atoms with Gasteiger partial charge in [-0.1, -0.05) is 73.9 Å². The summed E-state index contributed by atoms with van der Waals surface area (Å²) in [7, 11) is 0. The minimum Gasteiger partial charge on any atom is -0.462 e. The molecule has 0 aliphatic carbocycles. The third-order valence-corrected chi connectivity index (χ3v) is 13.4. The highest BCUT2D eigenvalue weighted by atomic mass is 35.5. The number of allylic oxidation sites excluding steroid dienone is 1. The number of carbonyl (C=O) groups excluding carboxylic acids is 7. The SMILES string of the molecule is C[C@@H]1CN(C(=O)c2ccc(NC(=O)/C(N)=C/C3=C(N)N[C@H](c4c(Cl)ccc(F)c4Cl)O3)cc2)C[C@H](C)N1C(=O)CCCCCCCCCCc1cccc2c1C(=O)N(C1CCC(=O)NC1=O)C2=O. The number of ether oxygens (including phenoxy) is 1. The number of amides is 7. The third-order valence-electron chi connectivity index (χ3n) is 12.7. The van der Waals surface area contributed by atoms with E-state index in [-0.39, 0.29) is 69.6 Å². The number of rotatable bonds is 17. The third kappa shape index (κ3) is 10.9. The Hall–Kier alpha value is -6.46. The van der Waals surface area contributed by atoms with Crippen molar-refractivity contribution in [2.45, 2.75) is 115 Å². The summed E-state index contributed by atoms with van der Waals surface area (Å²) in [6, 6.07) is 12.7. The number of hydrogen-bond donors (Lipinski definition) is 5. The topological polar surface area (TPSA) is 227 Å². The standard InChI is InChI=1S/C49H55Cl2FN8O8/c1-27-25-58(47(65)30-16-18-31(19-17-30)55-44(63)35(53)24-37-43(54)57-46(68-37)41-33(50)20-21-34(52)42(41)51)26-28(2)59(27)39(62)15-10-8-6-4-3-5-7-9-12-29-13-11-14-32-40(29)49(67)60(48(32)66)36-22-23-38(61)56-45(36)64/h11,13-14,16-21,24,27-28,36,46,57H,3-10,12,15,22-23,25-26,53-54H2,1-2H3,(H,55,63)(H,56,61,64)/b35-24-/t27-,28+,36?,46-/m0/s1. The zero-order valence-corrected chi connectivity index (χ0v) is 39.4. The van der Waals surface area contributed by atoms with Crippen LogP contribution < -0.4 is 27.4 Å². The number of unbranched alkanes of at least 4 members (excludes halogenated alkanes) is 7. The van der Waals surface area contributed by atoms with E-state index in [1.165, 1.54) is 12.1 Å². The predicted molar refractivity (Wildman–Crippen MR) is 252 cm³/mol. The Kier molecular flexibility index (Phi) is 15.7. The summed E-state index contributed by atoms with van der Waals surface area (Å²) in [6.45, 7) is 4.66. The van der Waals surface area contributed by atoms with Crippen molar-refractivity contribution in [2.75, 3.05) is 18.4 Å². The molecule has 0 bridgehead atoms. The van der Waals surface area contributed by atoms with Gasteiger partial charge in [-0.25, -0.2) is 4.39 Å². The summed E-state index contributed by atoms with van der Waals surface area (Å²) < 4.78 is 19.8.